The summed E-state index contributed by atoms with van der Waals surface area (Å²) >= 11 is 2.35. The van der Waals surface area contributed by atoms with Crippen LogP contribution in [0.3, 0.4) is 0 Å². The zero-order valence-corrected chi connectivity index (χ0v) is 16.8. The van der Waals surface area contributed by atoms with Crippen molar-refractivity contribution in [2.45, 2.75) is 11.3 Å². The van der Waals surface area contributed by atoms with E-state index < -0.39 is 4.92 Å². The zero-order valence-electron chi connectivity index (χ0n) is 15.1. The SMILES string of the molecule is Cc1ccccc1C(=O)Nc1nnc(SCC(=O)Nc2ccc([N+](=O)[O-])cc2)s1. The van der Waals surface area contributed by atoms with Crippen LogP contribution in [-0.2, 0) is 4.79 Å². The lowest BCUT2D eigenvalue weighted by Gasteiger charge is -2.04. The molecule has 0 aliphatic carbocycles. The zero-order chi connectivity index (χ0) is 20.8. The summed E-state index contributed by atoms with van der Waals surface area (Å²) < 4.78 is 0.531. The van der Waals surface area contributed by atoms with Gasteiger partial charge in [-0.3, -0.25) is 25.0 Å². The van der Waals surface area contributed by atoms with Crippen molar-refractivity contribution in [3.05, 3.63) is 69.8 Å². The molecule has 1 aromatic heterocycles. The molecule has 0 radical (unpaired) electrons. The molecule has 11 heteroatoms. The van der Waals surface area contributed by atoms with E-state index in [4.69, 9.17) is 0 Å². The minimum Gasteiger partial charge on any atom is -0.325 e. The van der Waals surface area contributed by atoms with Crippen LogP contribution in [0.15, 0.2) is 52.9 Å². The average molecular weight is 429 g/mol. The molecule has 2 N–H and O–H groups in total. The molecule has 1 heterocycles. The lowest BCUT2D eigenvalue weighted by atomic mass is 10.1. The quantitative estimate of drug-likeness (QED) is 0.253. The first-order valence-electron chi connectivity index (χ1n) is 8.30. The highest BCUT2D eigenvalue weighted by atomic mass is 32.2. The van der Waals surface area contributed by atoms with E-state index in [2.05, 4.69) is 20.8 Å². The van der Waals surface area contributed by atoms with Crippen molar-refractivity contribution >= 4 is 51.4 Å². The number of hydrogen-bond acceptors (Lipinski definition) is 8. The Morgan fingerprint density at radius 2 is 1.83 bits per heavy atom. The number of anilines is 2. The van der Waals surface area contributed by atoms with E-state index in [0.29, 0.717) is 20.7 Å². The number of non-ortho nitro benzene ring substituents is 1. The smallest absolute Gasteiger partial charge is 0.269 e. The van der Waals surface area contributed by atoms with E-state index in [-0.39, 0.29) is 23.3 Å². The van der Waals surface area contributed by atoms with Crippen molar-refractivity contribution in [1.29, 1.82) is 0 Å². The fraction of sp³-hybridized carbons (Fsp3) is 0.111. The van der Waals surface area contributed by atoms with E-state index in [0.717, 1.165) is 5.56 Å². The summed E-state index contributed by atoms with van der Waals surface area (Å²) in [4.78, 5) is 34.5. The highest BCUT2D eigenvalue weighted by molar-refractivity contribution is 8.01. The molecule has 0 bridgehead atoms. The largest absolute Gasteiger partial charge is 0.325 e. The first-order valence-corrected chi connectivity index (χ1v) is 10.1. The summed E-state index contributed by atoms with van der Waals surface area (Å²) in [6.45, 7) is 1.85. The molecule has 0 saturated heterocycles. The van der Waals surface area contributed by atoms with Gasteiger partial charge in [0.05, 0.1) is 10.7 Å². The van der Waals surface area contributed by atoms with Gasteiger partial charge in [0.25, 0.3) is 11.6 Å². The molecular weight excluding hydrogens is 414 g/mol. The molecule has 2 amide bonds. The van der Waals surface area contributed by atoms with Crippen LogP contribution in [0.1, 0.15) is 15.9 Å². The second kappa shape index (κ2) is 9.26. The van der Waals surface area contributed by atoms with Gasteiger partial charge in [0.2, 0.25) is 11.0 Å². The molecule has 2 aromatic carbocycles. The molecule has 0 spiro atoms. The van der Waals surface area contributed by atoms with Crippen molar-refractivity contribution in [3.8, 4) is 0 Å². The van der Waals surface area contributed by atoms with Crippen LogP contribution >= 0.6 is 23.1 Å². The first kappa shape index (κ1) is 20.4. The summed E-state index contributed by atoms with van der Waals surface area (Å²) in [7, 11) is 0. The highest BCUT2D eigenvalue weighted by Crippen LogP contribution is 2.26. The third-order valence-corrected chi connectivity index (χ3v) is 5.68. The number of aryl methyl sites for hydroxylation is 1. The van der Waals surface area contributed by atoms with Gasteiger partial charge >= 0.3 is 0 Å². The number of amides is 2. The van der Waals surface area contributed by atoms with Crippen LogP contribution in [0.5, 0.6) is 0 Å². The van der Waals surface area contributed by atoms with Crippen LogP contribution in [0.25, 0.3) is 0 Å². The maximum Gasteiger partial charge on any atom is 0.269 e. The Kier molecular flexibility index (Phi) is 6.52. The van der Waals surface area contributed by atoms with Crippen LogP contribution in [0, 0.1) is 17.0 Å². The number of thioether (sulfide) groups is 1. The number of nitro groups is 1. The number of nitrogens with one attached hydrogen (secondary N) is 2. The molecule has 0 aliphatic rings. The fourth-order valence-corrected chi connectivity index (χ4v) is 3.85. The Balaban J connectivity index is 1.51. The molecule has 148 valence electrons. The highest BCUT2D eigenvalue weighted by Gasteiger charge is 2.13. The number of nitrogens with zero attached hydrogens (tertiary/aromatic N) is 3. The second-order valence-electron chi connectivity index (χ2n) is 5.78. The van der Waals surface area contributed by atoms with Gasteiger partial charge in [0, 0.05) is 23.4 Å². The number of benzene rings is 2. The monoisotopic (exact) mass is 429 g/mol. The van der Waals surface area contributed by atoms with Crippen molar-refractivity contribution in [2.75, 3.05) is 16.4 Å². The Bertz CT molecular complexity index is 1050. The van der Waals surface area contributed by atoms with Gasteiger partial charge in [-0.05, 0) is 30.7 Å². The van der Waals surface area contributed by atoms with Gasteiger partial charge < -0.3 is 5.32 Å². The molecule has 0 unspecified atom stereocenters. The van der Waals surface area contributed by atoms with E-state index in [9.17, 15) is 19.7 Å². The normalized spacial score (nSPS) is 10.4. The third-order valence-electron chi connectivity index (χ3n) is 3.71. The lowest BCUT2D eigenvalue weighted by molar-refractivity contribution is -0.384. The average Bonchev–Trinajstić information content (AvgIpc) is 3.14. The van der Waals surface area contributed by atoms with Gasteiger partial charge in [0.1, 0.15) is 0 Å². The molecule has 0 aliphatic heterocycles. The summed E-state index contributed by atoms with van der Waals surface area (Å²) in [5, 5.41) is 24.2. The molecular formula is C18H15N5O4S2. The third kappa shape index (κ3) is 5.59. The van der Waals surface area contributed by atoms with Crippen molar-refractivity contribution in [1.82, 2.24) is 10.2 Å². The standard InChI is InChI=1S/C18H15N5O4S2/c1-11-4-2-3-5-14(11)16(25)20-17-21-22-18(29-17)28-10-15(24)19-12-6-8-13(9-7-12)23(26)27/h2-9H,10H2,1H3,(H,19,24)(H,20,21,25). The molecule has 0 fully saturated rings. The second-order valence-corrected chi connectivity index (χ2v) is 7.98. The van der Waals surface area contributed by atoms with Crippen LogP contribution in [-0.4, -0.2) is 32.7 Å². The molecule has 0 saturated carbocycles. The molecule has 3 rings (SSSR count). The molecule has 9 nitrogen and oxygen atoms in total. The molecule has 0 atom stereocenters. The number of hydrogen-bond donors (Lipinski definition) is 2. The van der Waals surface area contributed by atoms with Crippen LogP contribution in [0.4, 0.5) is 16.5 Å². The van der Waals surface area contributed by atoms with Gasteiger partial charge in [-0.25, -0.2) is 0 Å². The van der Waals surface area contributed by atoms with E-state index >= 15 is 0 Å². The van der Waals surface area contributed by atoms with Gasteiger partial charge in [-0.1, -0.05) is 41.3 Å². The number of carbonyl (C=O) groups is 2. The lowest BCUT2D eigenvalue weighted by Crippen LogP contribution is -2.13. The van der Waals surface area contributed by atoms with E-state index in [1.54, 1.807) is 12.1 Å². The van der Waals surface area contributed by atoms with Crippen molar-refractivity contribution in [2.24, 2.45) is 0 Å². The van der Waals surface area contributed by atoms with E-state index in [1.807, 2.05) is 19.1 Å². The Labute approximate surface area is 173 Å². The summed E-state index contributed by atoms with van der Waals surface area (Å²) in [5.41, 5.74) is 1.82. The Morgan fingerprint density at radius 3 is 2.52 bits per heavy atom. The topological polar surface area (TPSA) is 127 Å². The molecule has 29 heavy (non-hydrogen) atoms. The van der Waals surface area contributed by atoms with Gasteiger partial charge in [0.15, 0.2) is 4.34 Å². The first-order chi connectivity index (χ1) is 13.9. The maximum atomic E-state index is 12.3. The van der Waals surface area contributed by atoms with Crippen LogP contribution in [0.2, 0.25) is 0 Å². The predicted molar refractivity (Wildman–Crippen MR) is 111 cm³/mol. The number of carbonyl (C=O) groups excluding carboxylic acids is 2. The van der Waals surface area contributed by atoms with E-state index in [1.165, 1.54) is 47.4 Å². The maximum absolute atomic E-state index is 12.3. The predicted octanol–water partition coefficient (Wildman–Crippen LogP) is 3.74. The Hall–Kier alpha value is -3.31. The van der Waals surface area contributed by atoms with Gasteiger partial charge in [-0.2, -0.15) is 0 Å². The van der Waals surface area contributed by atoms with Crippen LogP contribution < -0.4 is 10.6 Å². The van der Waals surface area contributed by atoms with Crippen molar-refractivity contribution < 1.29 is 14.5 Å². The fourth-order valence-electron chi connectivity index (χ4n) is 2.30. The number of rotatable bonds is 7. The minimum atomic E-state index is -0.508. The summed E-state index contributed by atoms with van der Waals surface area (Å²) in [6, 6.07) is 12.8. The number of nitro benzene ring substituents is 1. The minimum absolute atomic E-state index is 0.0495. The van der Waals surface area contributed by atoms with Gasteiger partial charge in [-0.15, -0.1) is 10.2 Å². The summed E-state index contributed by atoms with van der Waals surface area (Å²) in [6.07, 6.45) is 0. The molecule has 3 aromatic rings. The Morgan fingerprint density at radius 1 is 1.10 bits per heavy atom. The number of aromatic nitrogens is 2. The summed E-state index contributed by atoms with van der Waals surface area (Å²) in [5.74, 6) is -0.478. The van der Waals surface area contributed by atoms with Crippen molar-refractivity contribution in [3.63, 3.8) is 0 Å².